The number of hydrogen-bond acceptors (Lipinski definition) is 4. The molecule has 0 spiro atoms. The first-order valence-electron chi connectivity index (χ1n) is 4.71. The molecule has 0 saturated heterocycles. The van der Waals surface area contributed by atoms with Crippen LogP contribution in [-0.2, 0) is 0 Å². The van der Waals surface area contributed by atoms with Crippen molar-refractivity contribution < 1.29 is 9.90 Å². The summed E-state index contributed by atoms with van der Waals surface area (Å²) in [6.07, 6.45) is 0. The molecule has 0 aliphatic rings. The SMILES string of the molecule is Nc1cc(C(=O)O)ccc1Nc1ccc(Cl)s1. The third kappa shape index (κ3) is 2.69. The Hall–Kier alpha value is -1.72. The van der Waals surface area contributed by atoms with Crippen molar-refractivity contribution >= 4 is 45.3 Å². The van der Waals surface area contributed by atoms with Gasteiger partial charge in [-0.25, -0.2) is 4.79 Å². The number of carboxylic acids is 1. The monoisotopic (exact) mass is 268 g/mol. The van der Waals surface area contributed by atoms with Gasteiger partial charge in [0.2, 0.25) is 0 Å². The summed E-state index contributed by atoms with van der Waals surface area (Å²) in [5, 5.41) is 12.7. The smallest absolute Gasteiger partial charge is 0.335 e. The fourth-order valence-electron chi connectivity index (χ4n) is 1.32. The fourth-order valence-corrected chi connectivity index (χ4v) is 2.28. The average molecular weight is 269 g/mol. The third-order valence-electron chi connectivity index (χ3n) is 2.13. The van der Waals surface area contributed by atoms with Crippen LogP contribution in [0.4, 0.5) is 16.4 Å². The second-order valence-electron chi connectivity index (χ2n) is 3.34. The Morgan fingerprint density at radius 3 is 2.65 bits per heavy atom. The zero-order valence-corrected chi connectivity index (χ0v) is 10.2. The number of hydrogen-bond donors (Lipinski definition) is 3. The van der Waals surface area contributed by atoms with Gasteiger partial charge >= 0.3 is 5.97 Å². The Morgan fingerprint density at radius 1 is 1.35 bits per heavy atom. The quantitative estimate of drug-likeness (QED) is 0.746. The Morgan fingerprint density at radius 2 is 2.12 bits per heavy atom. The van der Waals surface area contributed by atoms with Gasteiger partial charge in [0.25, 0.3) is 0 Å². The van der Waals surface area contributed by atoms with Gasteiger partial charge in [-0.15, -0.1) is 11.3 Å². The van der Waals surface area contributed by atoms with E-state index in [0.717, 1.165) is 5.00 Å². The number of nitrogens with one attached hydrogen (secondary N) is 1. The van der Waals surface area contributed by atoms with E-state index >= 15 is 0 Å². The molecule has 1 heterocycles. The van der Waals surface area contributed by atoms with Crippen molar-refractivity contribution in [1.29, 1.82) is 0 Å². The summed E-state index contributed by atoms with van der Waals surface area (Å²) in [5.74, 6) is -0.998. The lowest BCUT2D eigenvalue weighted by Crippen LogP contribution is -2.00. The number of carbonyl (C=O) groups is 1. The van der Waals surface area contributed by atoms with E-state index in [1.807, 2.05) is 6.07 Å². The van der Waals surface area contributed by atoms with Gasteiger partial charge in [0.1, 0.15) is 0 Å². The Bertz CT molecular complexity index is 568. The molecule has 0 aliphatic heterocycles. The molecular weight excluding hydrogens is 260 g/mol. The molecule has 6 heteroatoms. The number of nitrogen functional groups attached to an aromatic ring is 1. The second-order valence-corrected chi connectivity index (χ2v) is 5.05. The number of carboxylic acid groups (broad SMARTS) is 1. The molecule has 2 rings (SSSR count). The molecule has 0 saturated carbocycles. The van der Waals surface area contributed by atoms with Crippen LogP contribution in [0.1, 0.15) is 10.4 Å². The maximum Gasteiger partial charge on any atom is 0.335 e. The molecule has 2 aromatic rings. The number of nitrogens with two attached hydrogens (primary N) is 1. The summed E-state index contributed by atoms with van der Waals surface area (Å²) in [6, 6.07) is 8.15. The lowest BCUT2D eigenvalue weighted by Gasteiger charge is -2.07. The summed E-state index contributed by atoms with van der Waals surface area (Å²) >= 11 is 7.19. The van der Waals surface area contributed by atoms with E-state index in [1.54, 1.807) is 12.1 Å². The van der Waals surface area contributed by atoms with E-state index in [-0.39, 0.29) is 5.56 Å². The predicted molar refractivity (Wildman–Crippen MR) is 70.4 cm³/mol. The lowest BCUT2D eigenvalue weighted by molar-refractivity contribution is 0.0697. The Balaban J connectivity index is 2.25. The van der Waals surface area contributed by atoms with Gasteiger partial charge in [-0.3, -0.25) is 0 Å². The highest BCUT2D eigenvalue weighted by Gasteiger charge is 2.07. The predicted octanol–water partition coefficient (Wildman–Crippen LogP) is 3.43. The van der Waals surface area contributed by atoms with Gasteiger partial charge in [0.15, 0.2) is 0 Å². The number of thiophene rings is 1. The summed E-state index contributed by atoms with van der Waals surface area (Å²) in [5.41, 5.74) is 6.97. The highest BCUT2D eigenvalue weighted by Crippen LogP contribution is 2.31. The minimum Gasteiger partial charge on any atom is -0.478 e. The second kappa shape index (κ2) is 4.65. The molecule has 4 N–H and O–H groups in total. The molecule has 0 radical (unpaired) electrons. The third-order valence-corrected chi connectivity index (χ3v) is 3.28. The molecular formula is C11H9ClN2O2S. The minimum atomic E-state index is -0.998. The average Bonchev–Trinajstić information content (AvgIpc) is 2.67. The highest BCUT2D eigenvalue weighted by atomic mass is 35.5. The van der Waals surface area contributed by atoms with Crippen molar-refractivity contribution in [2.24, 2.45) is 0 Å². The van der Waals surface area contributed by atoms with Crippen LogP contribution in [0.15, 0.2) is 30.3 Å². The molecule has 1 aromatic heterocycles. The zero-order chi connectivity index (χ0) is 12.4. The zero-order valence-electron chi connectivity index (χ0n) is 8.61. The van der Waals surface area contributed by atoms with Gasteiger partial charge in [-0.1, -0.05) is 11.6 Å². The summed E-state index contributed by atoms with van der Waals surface area (Å²) < 4.78 is 0.674. The molecule has 0 bridgehead atoms. The number of halogens is 1. The van der Waals surface area contributed by atoms with Gasteiger partial charge in [0, 0.05) is 0 Å². The molecule has 0 unspecified atom stereocenters. The Kier molecular flexibility index (Phi) is 3.21. The van der Waals surface area contributed by atoms with Gasteiger partial charge in [0.05, 0.1) is 26.3 Å². The molecule has 4 nitrogen and oxygen atoms in total. The Labute approximate surface area is 107 Å². The topological polar surface area (TPSA) is 75.4 Å². The van der Waals surface area contributed by atoms with E-state index in [0.29, 0.717) is 15.7 Å². The minimum absolute atomic E-state index is 0.164. The maximum atomic E-state index is 10.7. The molecule has 0 aliphatic carbocycles. The number of benzene rings is 1. The van der Waals surface area contributed by atoms with Crippen LogP contribution in [0.25, 0.3) is 0 Å². The number of rotatable bonds is 3. The fraction of sp³-hybridized carbons (Fsp3) is 0. The molecule has 17 heavy (non-hydrogen) atoms. The van der Waals surface area contributed by atoms with Crippen LogP contribution in [0.5, 0.6) is 0 Å². The van der Waals surface area contributed by atoms with Crippen LogP contribution in [0.2, 0.25) is 4.34 Å². The lowest BCUT2D eigenvalue weighted by atomic mass is 10.2. The maximum absolute atomic E-state index is 10.7. The molecule has 0 atom stereocenters. The van der Waals surface area contributed by atoms with E-state index in [9.17, 15) is 4.79 Å². The van der Waals surface area contributed by atoms with E-state index in [4.69, 9.17) is 22.4 Å². The number of aromatic carboxylic acids is 1. The normalized spacial score (nSPS) is 10.2. The molecule has 0 amide bonds. The van der Waals surface area contributed by atoms with Crippen molar-refractivity contribution in [2.75, 3.05) is 11.1 Å². The highest BCUT2D eigenvalue weighted by molar-refractivity contribution is 7.19. The van der Waals surface area contributed by atoms with E-state index in [2.05, 4.69) is 5.32 Å². The standard InChI is InChI=1S/C11H9ClN2O2S/c12-9-3-4-10(17-9)14-8-2-1-6(11(15)16)5-7(8)13/h1-5,14H,13H2,(H,15,16). The first kappa shape index (κ1) is 11.8. The van der Waals surface area contributed by atoms with E-state index < -0.39 is 5.97 Å². The van der Waals surface area contributed by atoms with Crippen molar-refractivity contribution in [3.05, 3.63) is 40.2 Å². The van der Waals surface area contributed by atoms with Crippen LogP contribution >= 0.6 is 22.9 Å². The first-order chi connectivity index (χ1) is 8.06. The largest absolute Gasteiger partial charge is 0.478 e. The van der Waals surface area contributed by atoms with Gasteiger partial charge < -0.3 is 16.2 Å². The van der Waals surface area contributed by atoms with E-state index in [1.165, 1.54) is 23.5 Å². The van der Waals surface area contributed by atoms with Crippen LogP contribution in [0, 0.1) is 0 Å². The van der Waals surface area contributed by atoms with Crippen LogP contribution in [0.3, 0.4) is 0 Å². The van der Waals surface area contributed by atoms with Crippen molar-refractivity contribution in [1.82, 2.24) is 0 Å². The number of anilines is 3. The summed E-state index contributed by atoms with van der Waals surface area (Å²) in [6.45, 7) is 0. The first-order valence-corrected chi connectivity index (χ1v) is 5.91. The summed E-state index contributed by atoms with van der Waals surface area (Å²) in [7, 11) is 0. The van der Waals surface area contributed by atoms with Crippen LogP contribution < -0.4 is 11.1 Å². The molecule has 88 valence electrons. The van der Waals surface area contributed by atoms with Gasteiger partial charge in [-0.05, 0) is 30.3 Å². The van der Waals surface area contributed by atoms with Crippen LogP contribution in [-0.4, -0.2) is 11.1 Å². The van der Waals surface area contributed by atoms with Gasteiger partial charge in [-0.2, -0.15) is 0 Å². The van der Waals surface area contributed by atoms with Crippen molar-refractivity contribution in [3.8, 4) is 0 Å². The summed E-state index contributed by atoms with van der Waals surface area (Å²) in [4.78, 5) is 10.7. The molecule has 1 aromatic carbocycles. The van der Waals surface area contributed by atoms with Crippen molar-refractivity contribution in [3.63, 3.8) is 0 Å². The van der Waals surface area contributed by atoms with Crippen molar-refractivity contribution in [2.45, 2.75) is 0 Å². The molecule has 0 fully saturated rings.